The molecule has 0 bridgehead atoms. The summed E-state index contributed by atoms with van der Waals surface area (Å²) in [5, 5.41) is 2.37. The lowest BCUT2D eigenvalue weighted by Crippen LogP contribution is -2.30. The van der Waals surface area contributed by atoms with Crippen LogP contribution in [0.4, 0.5) is 0 Å². The molecule has 0 fully saturated rings. The molecule has 0 N–H and O–H groups in total. The molecule has 27 heavy (non-hydrogen) atoms. The van der Waals surface area contributed by atoms with E-state index in [4.69, 9.17) is 4.98 Å². The third kappa shape index (κ3) is 3.20. The van der Waals surface area contributed by atoms with Gasteiger partial charge in [0.05, 0.1) is 11.0 Å². The molecule has 0 aliphatic carbocycles. The Morgan fingerprint density at radius 2 is 1.37 bits per heavy atom. The first kappa shape index (κ1) is 17.6. The molecule has 0 unspecified atom stereocenters. The van der Waals surface area contributed by atoms with Crippen molar-refractivity contribution >= 4 is 41.0 Å². The van der Waals surface area contributed by atoms with Gasteiger partial charge in [0.25, 0.3) is 0 Å². The second-order valence-electron chi connectivity index (χ2n) is 6.70. The average Bonchev–Trinajstić information content (AvgIpc) is 3.02. The third-order valence-electron chi connectivity index (χ3n) is 4.80. The molecule has 0 saturated heterocycles. The van der Waals surface area contributed by atoms with Crippen LogP contribution in [0.1, 0.15) is 22.8 Å². The Hall–Kier alpha value is -2.77. The molecular weight excluding hydrogens is 351 g/mol. The number of rotatable bonds is 3. The van der Waals surface area contributed by atoms with Crippen LogP contribution in [0.3, 0.4) is 0 Å². The Morgan fingerprint density at radius 3 is 1.89 bits per heavy atom. The van der Waals surface area contributed by atoms with Gasteiger partial charge in [-0.1, -0.05) is 60.7 Å². The van der Waals surface area contributed by atoms with Crippen molar-refractivity contribution in [3.63, 3.8) is 0 Å². The maximum atomic E-state index is 12.6. The summed E-state index contributed by atoms with van der Waals surface area (Å²) in [5.41, 5.74) is 4.95. The minimum absolute atomic E-state index is 0.00452. The topological polar surface area (TPSA) is 34.9 Å². The van der Waals surface area contributed by atoms with Gasteiger partial charge in [0.1, 0.15) is 5.57 Å². The smallest absolute Gasteiger partial charge is 0.229 e. The van der Waals surface area contributed by atoms with Crippen LogP contribution in [0.2, 0.25) is 0 Å². The molecule has 3 aromatic carbocycles. The fraction of sp³-hybridized carbons (Fsp3) is 0.130. The van der Waals surface area contributed by atoms with E-state index in [1.807, 2.05) is 36.4 Å². The molecule has 1 heterocycles. The lowest BCUT2D eigenvalue weighted by Gasteiger charge is -2.18. The molecule has 4 rings (SSSR count). The molecule has 0 aliphatic rings. The molecule has 0 amide bonds. The molecule has 0 radical (unpaired) electrons. The highest BCUT2D eigenvalue weighted by atomic mass is 31.1. The van der Waals surface area contributed by atoms with E-state index in [0.29, 0.717) is 0 Å². The van der Waals surface area contributed by atoms with Crippen LogP contribution in [0, 0.1) is 13.8 Å². The number of imidazole rings is 1. The van der Waals surface area contributed by atoms with Crippen molar-refractivity contribution in [2.45, 2.75) is 20.8 Å². The first-order valence-corrected chi connectivity index (χ1v) is 10.3. The minimum Gasteiger partial charge on any atom is -0.274 e. The molecule has 0 atom stereocenters. The monoisotopic (exact) mass is 372 g/mol. The van der Waals surface area contributed by atoms with Crippen LogP contribution in [0.25, 0.3) is 11.0 Å². The molecule has 4 aromatic rings. The number of aromatic nitrogens is 2. The number of benzene rings is 3. The van der Waals surface area contributed by atoms with Crippen molar-refractivity contribution < 1.29 is 4.79 Å². The highest BCUT2D eigenvalue weighted by Crippen LogP contribution is 2.34. The number of fused-ring (bicyclic) bond motifs is 1. The third-order valence-corrected chi connectivity index (χ3v) is 7.13. The SMILES string of the molecule is CC(=O)n1c(P(c2ccccc2)c2ccccc2)nc2cc(C)c(C)cc21. The number of nitrogens with zero attached hydrogens (tertiary/aromatic N) is 2. The number of hydrogen-bond donors (Lipinski definition) is 0. The normalized spacial score (nSPS) is 11.3. The lowest BCUT2D eigenvalue weighted by atomic mass is 10.1. The van der Waals surface area contributed by atoms with E-state index in [1.54, 1.807) is 11.5 Å². The van der Waals surface area contributed by atoms with Crippen LogP contribution in [0.5, 0.6) is 0 Å². The molecular formula is C23H21N2OP. The van der Waals surface area contributed by atoms with E-state index < -0.39 is 7.92 Å². The van der Waals surface area contributed by atoms with E-state index in [1.165, 1.54) is 21.7 Å². The molecule has 3 nitrogen and oxygen atoms in total. The number of carbonyl (C=O) groups excluding carboxylic acids is 1. The van der Waals surface area contributed by atoms with Gasteiger partial charge in [-0.2, -0.15) is 0 Å². The highest BCUT2D eigenvalue weighted by molar-refractivity contribution is 7.79. The second-order valence-corrected chi connectivity index (χ2v) is 8.80. The molecule has 1 aromatic heterocycles. The first-order valence-electron chi connectivity index (χ1n) is 8.97. The van der Waals surface area contributed by atoms with Crippen LogP contribution >= 0.6 is 7.92 Å². The van der Waals surface area contributed by atoms with Gasteiger partial charge < -0.3 is 0 Å². The van der Waals surface area contributed by atoms with Gasteiger partial charge >= 0.3 is 0 Å². The summed E-state index contributed by atoms with van der Waals surface area (Å²) in [6.07, 6.45) is 0. The van der Waals surface area contributed by atoms with Gasteiger partial charge in [-0.15, -0.1) is 0 Å². The molecule has 134 valence electrons. The quantitative estimate of drug-likeness (QED) is 0.508. The van der Waals surface area contributed by atoms with Crippen molar-refractivity contribution in [2.24, 2.45) is 0 Å². The van der Waals surface area contributed by atoms with Crippen LogP contribution in [0.15, 0.2) is 72.8 Å². The number of hydrogen-bond acceptors (Lipinski definition) is 2. The van der Waals surface area contributed by atoms with Crippen LogP contribution < -0.4 is 16.2 Å². The van der Waals surface area contributed by atoms with E-state index in [-0.39, 0.29) is 5.91 Å². The number of carbonyl (C=O) groups is 1. The van der Waals surface area contributed by atoms with Gasteiger partial charge in [0, 0.05) is 14.8 Å². The zero-order valence-electron chi connectivity index (χ0n) is 15.7. The summed E-state index contributed by atoms with van der Waals surface area (Å²) in [6.45, 7) is 5.77. The van der Waals surface area contributed by atoms with E-state index in [9.17, 15) is 4.79 Å². The standard InChI is InChI=1S/C23H21N2OP/c1-16-14-21-22(15-17(16)2)25(18(3)26)23(24-21)27(19-10-6-4-7-11-19)20-12-8-5-9-13-20/h4-15H,1-3H3. The molecule has 0 saturated carbocycles. The lowest BCUT2D eigenvalue weighted by molar-refractivity contribution is 0.0944. The first-order chi connectivity index (χ1) is 13.1. The maximum absolute atomic E-state index is 12.6. The average molecular weight is 372 g/mol. The number of aryl methyl sites for hydroxylation is 2. The Bertz CT molecular complexity index is 1080. The van der Waals surface area contributed by atoms with Gasteiger partial charge in [0.2, 0.25) is 5.91 Å². The predicted octanol–water partition coefficient (Wildman–Crippen LogP) is 4.07. The molecule has 4 heteroatoms. The van der Waals surface area contributed by atoms with E-state index in [2.05, 4.69) is 50.2 Å². The van der Waals surface area contributed by atoms with Crippen molar-refractivity contribution in [3.8, 4) is 0 Å². The molecule has 0 spiro atoms. The van der Waals surface area contributed by atoms with Crippen molar-refractivity contribution in [3.05, 3.63) is 83.9 Å². The van der Waals surface area contributed by atoms with Crippen LogP contribution in [-0.4, -0.2) is 15.5 Å². The zero-order chi connectivity index (χ0) is 19.0. The fourth-order valence-electron chi connectivity index (χ4n) is 3.31. The van der Waals surface area contributed by atoms with Gasteiger partial charge in [-0.25, -0.2) is 4.98 Å². The van der Waals surface area contributed by atoms with Gasteiger partial charge in [-0.05, 0) is 47.7 Å². The fourth-order valence-corrected chi connectivity index (χ4v) is 5.67. The highest BCUT2D eigenvalue weighted by Gasteiger charge is 2.25. The summed E-state index contributed by atoms with van der Waals surface area (Å²) in [7, 11) is -0.934. The van der Waals surface area contributed by atoms with Crippen molar-refractivity contribution in [1.29, 1.82) is 0 Å². The Morgan fingerprint density at radius 1 is 0.852 bits per heavy atom. The van der Waals surface area contributed by atoms with E-state index >= 15 is 0 Å². The van der Waals surface area contributed by atoms with Crippen molar-refractivity contribution in [1.82, 2.24) is 9.55 Å². The summed E-state index contributed by atoms with van der Waals surface area (Å²) in [5.74, 6) is -0.00452. The van der Waals surface area contributed by atoms with Gasteiger partial charge in [0.15, 0.2) is 0 Å². The summed E-state index contributed by atoms with van der Waals surface area (Å²) >= 11 is 0. The summed E-state index contributed by atoms with van der Waals surface area (Å²) in [6, 6.07) is 24.9. The van der Waals surface area contributed by atoms with Crippen molar-refractivity contribution in [2.75, 3.05) is 0 Å². The van der Waals surface area contributed by atoms with Gasteiger partial charge in [-0.3, -0.25) is 9.36 Å². The Balaban J connectivity index is 2.04. The predicted molar refractivity (Wildman–Crippen MR) is 114 cm³/mol. The Kier molecular flexibility index (Phi) is 4.63. The largest absolute Gasteiger partial charge is 0.274 e. The summed E-state index contributed by atoms with van der Waals surface area (Å²) in [4.78, 5) is 17.6. The second kappa shape index (κ2) is 7.09. The van der Waals surface area contributed by atoms with Crippen LogP contribution in [-0.2, 0) is 0 Å². The molecule has 0 aliphatic heterocycles. The zero-order valence-corrected chi connectivity index (χ0v) is 16.6. The maximum Gasteiger partial charge on any atom is 0.229 e. The Labute approximate surface area is 160 Å². The summed E-state index contributed by atoms with van der Waals surface area (Å²) < 4.78 is 1.80. The van der Waals surface area contributed by atoms with E-state index in [0.717, 1.165) is 16.6 Å². The minimum atomic E-state index is -0.934.